The summed E-state index contributed by atoms with van der Waals surface area (Å²) in [5, 5.41) is 3.38. The third-order valence-electron chi connectivity index (χ3n) is 4.22. The smallest absolute Gasteiger partial charge is 0.349 e. The molecule has 0 atom stereocenters. The molecule has 1 heterocycles. The van der Waals surface area contributed by atoms with Gasteiger partial charge in [0.15, 0.2) is 0 Å². The van der Waals surface area contributed by atoms with Crippen LogP contribution in [0.4, 0.5) is 5.69 Å². The number of anilines is 1. The van der Waals surface area contributed by atoms with Crippen molar-refractivity contribution in [1.29, 1.82) is 0 Å². The Morgan fingerprint density at radius 2 is 1.74 bits per heavy atom. The lowest BCUT2D eigenvalue weighted by molar-refractivity contribution is -0.128. The van der Waals surface area contributed by atoms with Crippen molar-refractivity contribution in [1.82, 2.24) is 4.90 Å². The van der Waals surface area contributed by atoms with Crippen LogP contribution in [0.1, 0.15) is 22.3 Å². The number of aryl methyl sites for hydroxylation is 1. The molecule has 0 saturated carbocycles. The van der Waals surface area contributed by atoms with E-state index >= 15 is 0 Å². The van der Waals surface area contributed by atoms with Gasteiger partial charge in [0.25, 0.3) is 5.91 Å². The van der Waals surface area contributed by atoms with Gasteiger partial charge in [0.05, 0.1) is 0 Å². The fourth-order valence-electron chi connectivity index (χ4n) is 2.65. The number of benzene rings is 2. The molecule has 0 radical (unpaired) electrons. The van der Waals surface area contributed by atoms with Gasteiger partial charge in [0.1, 0.15) is 11.1 Å². The van der Waals surface area contributed by atoms with Crippen LogP contribution in [0.15, 0.2) is 63.8 Å². The van der Waals surface area contributed by atoms with E-state index in [4.69, 9.17) is 4.42 Å². The number of para-hydroxylation sites is 1. The van der Waals surface area contributed by atoms with Gasteiger partial charge in [-0.05, 0) is 36.2 Å². The second kappa shape index (κ2) is 7.86. The molecule has 0 unspecified atom stereocenters. The first-order valence-corrected chi connectivity index (χ1v) is 8.57. The van der Waals surface area contributed by atoms with Gasteiger partial charge in [-0.2, -0.15) is 0 Å². The average molecular weight is 364 g/mol. The van der Waals surface area contributed by atoms with Gasteiger partial charge >= 0.3 is 5.63 Å². The van der Waals surface area contributed by atoms with Crippen molar-refractivity contribution >= 4 is 28.5 Å². The molecule has 2 amide bonds. The largest absolute Gasteiger partial charge is 0.422 e. The highest BCUT2D eigenvalue weighted by molar-refractivity contribution is 6.05. The Hall–Kier alpha value is -3.41. The summed E-state index contributed by atoms with van der Waals surface area (Å²) in [6, 6.07) is 15.7. The Morgan fingerprint density at radius 1 is 1.04 bits per heavy atom. The molecule has 1 N–H and O–H groups in total. The summed E-state index contributed by atoms with van der Waals surface area (Å²) in [6.45, 7) is 0. The van der Waals surface area contributed by atoms with Crippen LogP contribution < -0.4 is 10.9 Å². The molecule has 1 aromatic heterocycles. The molecule has 0 aliphatic carbocycles. The van der Waals surface area contributed by atoms with Crippen molar-refractivity contribution in [3.63, 3.8) is 0 Å². The summed E-state index contributed by atoms with van der Waals surface area (Å²) in [5.41, 5.74) is 1.28. The standard InChI is InChI=1S/C21H20N2O4/c1-23(2)19(24)12-9-14-7-10-16(11-8-14)22-20(25)17-13-15-5-3-4-6-18(15)27-21(17)26/h3-8,10-11,13H,9,12H2,1-2H3,(H,22,25). The normalized spacial score (nSPS) is 10.6. The molecular formula is C21H20N2O4. The number of rotatable bonds is 5. The molecule has 27 heavy (non-hydrogen) atoms. The zero-order chi connectivity index (χ0) is 19.4. The zero-order valence-electron chi connectivity index (χ0n) is 15.2. The highest BCUT2D eigenvalue weighted by atomic mass is 16.4. The minimum absolute atomic E-state index is 0.0469. The van der Waals surface area contributed by atoms with Gasteiger partial charge in [-0.1, -0.05) is 30.3 Å². The number of fused-ring (bicyclic) bond motifs is 1. The van der Waals surface area contributed by atoms with E-state index in [0.29, 0.717) is 29.5 Å². The third kappa shape index (κ3) is 4.41. The Labute approximate surface area is 156 Å². The summed E-state index contributed by atoms with van der Waals surface area (Å²) in [6.07, 6.45) is 1.05. The fraction of sp³-hybridized carbons (Fsp3) is 0.190. The van der Waals surface area contributed by atoms with Crippen molar-refractivity contribution in [3.05, 3.63) is 76.1 Å². The molecule has 0 saturated heterocycles. The maximum Gasteiger partial charge on any atom is 0.349 e. The summed E-state index contributed by atoms with van der Waals surface area (Å²) >= 11 is 0. The van der Waals surface area contributed by atoms with Gasteiger partial charge in [0.2, 0.25) is 5.91 Å². The third-order valence-corrected chi connectivity index (χ3v) is 4.22. The number of nitrogens with one attached hydrogen (secondary N) is 1. The maximum atomic E-state index is 12.4. The summed E-state index contributed by atoms with van der Waals surface area (Å²) < 4.78 is 5.19. The number of carbonyl (C=O) groups excluding carboxylic acids is 2. The molecule has 3 rings (SSSR count). The van der Waals surface area contributed by atoms with Crippen LogP contribution in [0.3, 0.4) is 0 Å². The monoisotopic (exact) mass is 364 g/mol. The molecular weight excluding hydrogens is 344 g/mol. The predicted octanol–water partition coefficient (Wildman–Crippen LogP) is 3.07. The molecule has 0 bridgehead atoms. The molecule has 6 heteroatoms. The number of hydrogen-bond donors (Lipinski definition) is 1. The van der Waals surface area contributed by atoms with Gasteiger partial charge in [-0.3, -0.25) is 9.59 Å². The number of hydrogen-bond acceptors (Lipinski definition) is 4. The van der Waals surface area contributed by atoms with E-state index in [1.807, 2.05) is 18.2 Å². The van der Waals surface area contributed by atoms with E-state index in [1.54, 1.807) is 49.3 Å². The lowest BCUT2D eigenvalue weighted by Crippen LogP contribution is -2.21. The lowest BCUT2D eigenvalue weighted by Gasteiger charge is -2.10. The molecule has 0 aliphatic rings. The molecule has 3 aromatic rings. The average Bonchev–Trinajstić information content (AvgIpc) is 2.66. The van der Waals surface area contributed by atoms with E-state index in [0.717, 1.165) is 5.56 Å². The minimum atomic E-state index is -0.676. The van der Waals surface area contributed by atoms with E-state index in [1.165, 1.54) is 6.07 Å². The van der Waals surface area contributed by atoms with Crippen molar-refractivity contribution in [2.45, 2.75) is 12.8 Å². The number of carbonyl (C=O) groups is 2. The molecule has 0 spiro atoms. The van der Waals surface area contributed by atoms with Gasteiger partial charge in [-0.25, -0.2) is 4.79 Å². The van der Waals surface area contributed by atoms with Crippen LogP contribution in [0, 0.1) is 0 Å². The first kappa shape index (κ1) is 18.4. The van der Waals surface area contributed by atoms with Crippen LogP contribution >= 0.6 is 0 Å². The Morgan fingerprint density at radius 3 is 2.44 bits per heavy atom. The molecule has 0 fully saturated rings. The first-order chi connectivity index (χ1) is 12.9. The molecule has 6 nitrogen and oxygen atoms in total. The van der Waals surface area contributed by atoms with Crippen LogP contribution in [-0.2, 0) is 11.2 Å². The molecule has 0 aliphatic heterocycles. The Bertz CT molecular complexity index is 1040. The number of nitrogens with zero attached hydrogens (tertiary/aromatic N) is 1. The highest BCUT2D eigenvalue weighted by Crippen LogP contribution is 2.15. The fourth-order valence-corrected chi connectivity index (χ4v) is 2.65. The summed E-state index contributed by atoms with van der Waals surface area (Å²) in [7, 11) is 3.45. The first-order valence-electron chi connectivity index (χ1n) is 8.57. The maximum absolute atomic E-state index is 12.4. The van der Waals surface area contributed by atoms with E-state index in [2.05, 4.69) is 5.32 Å². The topological polar surface area (TPSA) is 79.6 Å². The van der Waals surface area contributed by atoms with Crippen molar-refractivity contribution in [2.75, 3.05) is 19.4 Å². The van der Waals surface area contributed by atoms with Crippen LogP contribution in [0.5, 0.6) is 0 Å². The van der Waals surface area contributed by atoms with E-state index in [-0.39, 0.29) is 11.5 Å². The predicted molar refractivity (Wildman–Crippen MR) is 104 cm³/mol. The summed E-state index contributed by atoms with van der Waals surface area (Å²) in [5.74, 6) is -0.458. The minimum Gasteiger partial charge on any atom is -0.422 e. The number of amides is 2. The van der Waals surface area contributed by atoms with E-state index < -0.39 is 11.5 Å². The van der Waals surface area contributed by atoms with Crippen LogP contribution in [0.2, 0.25) is 0 Å². The van der Waals surface area contributed by atoms with Crippen molar-refractivity contribution in [2.24, 2.45) is 0 Å². The second-order valence-electron chi connectivity index (χ2n) is 6.42. The zero-order valence-corrected chi connectivity index (χ0v) is 15.2. The van der Waals surface area contributed by atoms with E-state index in [9.17, 15) is 14.4 Å². The van der Waals surface area contributed by atoms with Gasteiger partial charge < -0.3 is 14.6 Å². The Balaban J connectivity index is 1.70. The SMILES string of the molecule is CN(C)C(=O)CCc1ccc(NC(=O)c2cc3ccccc3oc2=O)cc1. The van der Waals surface area contributed by atoms with Crippen LogP contribution in [-0.4, -0.2) is 30.8 Å². The Kier molecular flexibility index (Phi) is 5.35. The molecule has 2 aromatic carbocycles. The van der Waals surface area contributed by atoms with Gasteiger partial charge in [-0.15, -0.1) is 0 Å². The highest BCUT2D eigenvalue weighted by Gasteiger charge is 2.14. The van der Waals surface area contributed by atoms with Crippen molar-refractivity contribution < 1.29 is 14.0 Å². The second-order valence-corrected chi connectivity index (χ2v) is 6.42. The molecule has 138 valence electrons. The van der Waals surface area contributed by atoms with Gasteiger partial charge in [0, 0.05) is 31.6 Å². The lowest BCUT2D eigenvalue weighted by atomic mass is 10.1. The quantitative estimate of drug-likeness (QED) is 0.706. The van der Waals surface area contributed by atoms with Crippen LogP contribution in [0.25, 0.3) is 11.0 Å². The summed E-state index contributed by atoms with van der Waals surface area (Å²) in [4.78, 5) is 37.7. The van der Waals surface area contributed by atoms with Crippen molar-refractivity contribution in [3.8, 4) is 0 Å².